The normalized spacial score (nSPS) is 9.08. The van der Waals surface area contributed by atoms with E-state index in [-0.39, 0.29) is 18.2 Å². The van der Waals surface area contributed by atoms with Crippen molar-refractivity contribution in [1.82, 2.24) is 14.8 Å². The largest absolute Gasteiger partial charge is 0.463 e. The van der Waals surface area contributed by atoms with Crippen molar-refractivity contribution in [1.29, 1.82) is 0 Å². The number of halogens is 1. The van der Waals surface area contributed by atoms with Gasteiger partial charge in [0.25, 0.3) is 0 Å². The van der Waals surface area contributed by atoms with Crippen molar-refractivity contribution in [2.45, 2.75) is 6.54 Å². The second-order valence-electron chi connectivity index (χ2n) is 2.09. The Morgan fingerprint density at radius 3 is 3.00 bits per heavy atom. The van der Waals surface area contributed by atoms with Gasteiger partial charge in [0.05, 0.1) is 13.7 Å². The van der Waals surface area contributed by atoms with Crippen LogP contribution in [-0.2, 0) is 11.3 Å². The van der Waals surface area contributed by atoms with Gasteiger partial charge in [-0.1, -0.05) is 0 Å². The van der Waals surface area contributed by atoms with Gasteiger partial charge in [0.15, 0.2) is 0 Å². The Bertz CT molecular complexity index is 275. The molecule has 0 amide bonds. The number of ether oxygens (including phenoxy) is 1. The first-order valence-corrected chi connectivity index (χ1v) is 3.45. The number of nitrogens with zero attached hydrogens (tertiary/aromatic N) is 3. The Balaban J connectivity index is 0.00000144. The van der Waals surface area contributed by atoms with Gasteiger partial charge in [0, 0.05) is 6.54 Å². The van der Waals surface area contributed by atoms with Crippen LogP contribution in [0.4, 0.5) is 0 Å². The number of hydrogen-bond donors (Lipinski definition) is 1. The molecule has 1 rings (SSSR count). The van der Waals surface area contributed by atoms with Crippen molar-refractivity contribution in [3.05, 3.63) is 12.2 Å². The van der Waals surface area contributed by atoms with E-state index in [0.717, 1.165) is 0 Å². The summed E-state index contributed by atoms with van der Waals surface area (Å²) in [4.78, 5) is 14.7. The first-order chi connectivity index (χ1) is 5.79. The first-order valence-electron chi connectivity index (χ1n) is 3.45. The zero-order valence-corrected chi connectivity index (χ0v) is 7.95. The van der Waals surface area contributed by atoms with Gasteiger partial charge in [-0.3, -0.25) is 0 Å². The van der Waals surface area contributed by atoms with Crippen LogP contribution in [-0.4, -0.2) is 34.4 Å². The lowest BCUT2D eigenvalue weighted by atomic mass is 10.5. The van der Waals surface area contributed by atoms with Gasteiger partial charge in [-0.25, -0.2) is 14.5 Å². The van der Waals surface area contributed by atoms with Crippen molar-refractivity contribution in [3.63, 3.8) is 0 Å². The van der Waals surface area contributed by atoms with E-state index >= 15 is 0 Å². The maximum atomic E-state index is 11.0. The Labute approximate surface area is 81.5 Å². The average Bonchev–Trinajstić information content (AvgIpc) is 2.52. The van der Waals surface area contributed by atoms with E-state index in [0.29, 0.717) is 13.1 Å². The molecule has 7 heteroatoms. The molecule has 0 saturated heterocycles. The molecule has 1 heterocycles. The highest BCUT2D eigenvalue weighted by atomic mass is 35.5. The van der Waals surface area contributed by atoms with E-state index < -0.39 is 5.97 Å². The molecule has 0 aromatic carbocycles. The predicted octanol–water partition coefficient (Wildman–Crippen LogP) is -0.555. The highest BCUT2D eigenvalue weighted by molar-refractivity contribution is 5.85. The number of carbonyl (C=O) groups is 1. The average molecular weight is 207 g/mol. The zero-order valence-electron chi connectivity index (χ0n) is 7.14. The lowest BCUT2D eigenvalue weighted by molar-refractivity contribution is 0.0579. The molecule has 0 unspecified atom stereocenters. The van der Waals surface area contributed by atoms with Crippen LogP contribution >= 0.6 is 12.4 Å². The zero-order chi connectivity index (χ0) is 8.97. The van der Waals surface area contributed by atoms with Gasteiger partial charge in [0.2, 0.25) is 5.82 Å². The van der Waals surface area contributed by atoms with Crippen molar-refractivity contribution in [2.75, 3.05) is 13.7 Å². The number of hydrogen-bond acceptors (Lipinski definition) is 5. The number of nitrogens with two attached hydrogens (primary N) is 1. The molecule has 1 aromatic rings. The molecule has 0 aliphatic carbocycles. The molecule has 1 aromatic heterocycles. The lowest BCUT2D eigenvalue weighted by Crippen LogP contribution is -2.17. The van der Waals surface area contributed by atoms with E-state index in [4.69, 9.17) is 5.73 Å². The monoisotopic (exact) mass is 206 g/mol. The molecule has 0 spiro atoms. The van der Waals surface area contributed by atoms with Gasteiger partial charge in [-0.15, -0.1) is 12.4 Å². The predicted molar refractivity (Wildman–Crippen MR) is 47.7 cm³/mol. The van der Waals surface area contributed by atoms with Crippen LogP contribution in [0, 0.1) is 0 Å². The van der Waals surface area contributed by atoms with Gasteiger partial charge >= 0.3 is 5.97 Å². The van der Waals surface area contributed by atoms with Gasteiger partial charge in [0.1, 0.15) is 6.33 Å². The fourth-order valence-corrected chi connectivity index (χ4v) is 0.799. The molecule has 0 aliphatic rings. The Kier molecular flexibility index (Phi) is 5.01. The molecule has 0 saturated carbocycles. The molecule has 0 aliphatic heterocycles. The standard InChI is InChI=1S/C6H10N4O2.ClH/c1-12-6(11)5-8-4-9-10(5)3-2-7;/h4H,2-3,7H2,1H3;1H. The van der Waals surface area contributed by atoms with Crippen LogP contribution in [0.3, 0.4) is 0 Å². The van der Waals surface area contributed by atoms with Crippen LogP contribution in [0.25, 0.3) is 0 Å². The third kappa shape index (κ3) is 2.67. The highest BCUT2D eigenvalue weighted by Crippen LogP contribution is 1.94. The minimum atomic E-state index is -0.499. The van der Waals surface area contributed by atoms with Crippen molar-refractivity contribution in [2.24, 2.45) is 5.73 Å². The van der Waals surface area contributed by atoms with Crippen molar-refractivity contribution >= 4 is 18.4 Å². The summed E-state index contributed by atoms with van der Waals surface area (Å²) in [6.07, 6.45) is 1.29. The summed E-state index contributed by atoms with van der Waals surface area (Å²) in [7, 11) is 1.30. The molecule has 6 nitrogen and oxygen atoms in total. The summed E-state index contributed by atoms with van der Waals surface area (Å²) in [5, 5.41) is 3.80. The fourth-order valence-electron chi connectivity index (χ4n) is 0.799. The van der Waals surface area contributed by atoms with Crippen molar-refractivity contribution < 1.29 is 9.53 Å². The quantitative estimate of drug-likeness (QED) is 0.671. The Hall–Kier alpha value is -1.14. The third-order valence-electron chi connectivity index (χ3n) is 1.32. The summed E-state index contributed by atoms with van der Waals surface area (Å²) in [5.74, 6) is -0.316. The lowest BCUT2D eigenvalue weighted by Gasteiger charge is -2.00. The summed E-state index contributed by atoms with van der Waals surface area (Å²) < 4.78 is 5.89. The van der Waals surface area contributed by atoms with Crippen LogP contribution in [0.2, 0.25) is 0 Å². The minimum Gasteiger partial charge on any atom is -0.463 e. The fraction of sp³-hybridized carbons (Fsp3) is 0.500. The number of esters is 1. The molecule has 0 bridgehead atoms. The number of rotatable bonds is 3. The first kappa shape index (κ1) is 11.9. The van der Waals surface area contributed by atoms with Crippen LogP contribution < -0.4 is 5.73 Å². The van der Waals surface area contributed by atoms with Crippen LogP contribution in [0.1, 0.15) is 10.6 Å². The molecular formula is C6H11ClN4O2. The second-order valence-corrected chi connectivity index (χ2v) is 2.09. The summed E-state index contributed by atoms with van der Waals surface area (Å²) >= 11 is 0. The van der Waals surface area contributed by atoms with E-state index in [1.165, 1.54) is 18.1 Å². The molecular weight excluding hydrogens is 196 g/mol. The van der Waals surface area contributed by atoms with Gasteiger partial charge in [-0.05, 0) is 0 Å². The Morgan fingerprint density at radius 2 is 2.46 bits per heavy atom. The smallest absolute Gasteiger partial charge is 0.375 e. The Morgan fingerprint density at radius 1 is 1.77 bits per heavy atom. The summed E-state index contributed by atoms with van der Waals surface area (Å²) in [6, 6.07) is 0. The third-order valence-corrected chi connectivity index (χ3v) is 1.32. The molecule has 0 radical (unpaired) electrons. The van der Waals surface area contributed by atoms with E-state index in [2.05, 4.69) is 14.8 Å². The summed E-state index contributed by atoms with van der Waals surface area (Å²) in [6.45, 7) is 0.873. The summed E-state index contributed by atoms with van der Waals surface area (Å²) in [5.41, 5.74) is 5.29. The van der Waals surface area contributed by atoms with Crippen LogP contribution in [0.5, 0.6) is 0 Å². The van der Waals surface area contributed by atoms with E-state index in [1.54, 1.807) is 0 Å². The SMILES string of the molecule is COC(=O)c1ncnn1CCN.Cl. The number of methoxy groups -OCH3 is 1. The maximum Gasteiger partial charge on any atom is 0.375 e. The molecule has 74 valence electrons. The minimum absolute atomic E-state index is 0. The van der Waals surface area contributed by atoms with Gasteiger partial charge in [-0.2, -0.15) is 5.10 Å². The highest BCUT2D eigenvalue weighted by Gasteiger charge is 2.12. The van der Waals surface area contributed by atoms with E-state index in [1.807, 2.05) is 0 Å². The van der Waals surface area contributed by atoms with E-state index in [9.17, 15) is 4.79 Å². The molecule has 0 atom stereocenters. The molecule has 0 fully saturated rings. The van der Waals surface area contributed by atoms with Crippen molar-refractivity contribution in [3.8, 4) is 0 Å². The van der Waals surface area contributed by atoms with Crippen LogP contribution in [0.15, 0.2) is 6.33 Å². The second kappa shape index (κ2) is 5.50. The molecule has 13 heavy (non-hydrogen) atoms. The topological polar surface area (TPSA) is 83.0 Å². The number of carbonyl (C=O) groups excluding carboxylic acids is 1. The van der Waals surface area contributed by atoms with Gasteiger partial charge < -0.3 is 10.5 Å². The number of aromatic nitrogens is 3. The molecule has 2 N–H and O–H groups in total. The maximum absolute atomic E-state index is 11.0.